The van der Waals surface area contributed by atoms with E-state index in [4.69, 9.17) is 0 Å². The molecule has 10 rings (SSSR count). The van der Waals surface area contributed by atoms with Gasteiger partial charge in [0.2, 0.25) is 0 Å². The quantitative estimate of drug-likeness (QED) is 0.128. The molecule has 0 N–H and O–H groups in total. The van der Waals surface area contributed by atoms with E-state index < -0.39 is 21.3 Å². The maximum Gasteiger partial charge on any atom is -1.00 e. The standard InChI is InChI=1S/C33H33.C27H22.C5H5.2ClH.Zr/c1-32(2,3)30-20-26-24(18-28(30)22-13-9-7-10-14-22)17-25-19-29(23-15-11-8-12-16-23)31(21-27(25)26)33(4,5)6;1-5-13-22(14-6-1)26(23-15-7-2-8-16-23)21-27(24-17-9-3-10-18-24)25-19-11-4-12-20-25;1-2-4-5-3-1;;;/h7-16,18,20-21H,17H2,1-6H3;1-20,26-27H;1-3H,4H2;2*1H;/q;;;;;+2/p-2. The summed E-state index contributed by atoms with van der Waals surface area (Å²) in [5.74, 6) is 0.0967. The van der Waals surface area contributed by atoms with Crippen molar-refractivity contribution in [2.45, 2.75) is 77.0 Å². The van der Waals surface area contributed by atoms with Crippen molar-refractivity contribution in [1.29, 1.82) is 0 Å². The van der Waals surface area contributed by atoms with Crippen molar-refractivity contribution in [3.05, 3.63) is 266 Å². The molecule has 0 atom stereocenters. The van der Waals surface area contributed by atoms with Crippen molar-refractivity contribution in [2.24, 2.45) is 0 Å². The van der Waals surface area contributed by atoms with Crippen LogP contribution in [0.3, 0.4) is 0 Å². The molecule has 8 aromatic rings. The van der Waals surface area contributed by atoms with Gasteiger partial charge in [0.25, 0.3) is 0 Å². The fourth-order valence-corrected chi connectivity index (χ4v) is 20.4. The van der Waals surface area contributed by atoms with E-state index in [0.29, 0.717) is 0 Å². The molecule has 2 aliphatic rings. The normalized spacial score (nSPS) is 12.7. The van der Waals surface area contributed by atoms with Crippen molar-refractivity contribution in [1.82, 2.24) is 0 Å². The molecule has 0 bridgehead atoms. The summed E-state index contributed by atoms with van der Waals surface area (Å²) in [6.07, 6.45) is 9.23. The van der Waals surface area contributed by atoms with Gasteiger partial charge in [-0.3, -0.25) is 0 Å². The Labute approximate surface area is 425 Å². The summed E-state index contributed by atoms with van der Waals surface area (Å²) >= 11 is -3.43. The zero-order chi connectivity index (χ0) is 45.4. The zero-order valence-corrected chi connectivity index (χ0v) is 44.1. The number of rotatable bonds is 10. The van der Waals surface area contributed by atoms with E-state index >= 15 is 0 Å². The smallest absolute Gasteiger partial charge is 1.00 e. The predicted molar refractivity (Wildman–Crippen MR) is 279 cm³/mol. The third-order valence-corrected chi connectivity index (χ3v) is 21.8. The minimum Gasteiger partial charge on any atom is -1.00 e. The first kappa shape index (κ1) is 49.0. The molecule has 0 saturated heterocycles. The SMILES string of the molecule is CC(C)(C)c1cc2c(cc1-c1ccccc1)Cc1c-2cc(C(C)(C)C)c(-c2ccccc2)[c]1[Zr+2]([C]1=CC=CC1)=[C](C(c1ccccc1)c1ccccc1)C(c1ccccc1)c1ccccc1.[Cl-].[Cl-]. The molecule has 3 heteroatoms. The Morgan fingerprint density at radius 2 is 0.868 bits per heavy atom. The zero-order valence-electron chi connectivity index (χ0n) is 40.1. The van der Waals surface area contributed by atoms with Crippen LogP contribution in [0.1, 0.15) is 104 Å². The summed E-state index contributed by atoms with van der Waals surface area (Å²) in [5.41, 5.74) is 19.3. The van der Waals surface area contributed by atoms with E-state index in [9.17, 15) is 0 Å². The fourth-order valence-electron chi connectivity index (χ4n) is 10.9. The van der Waals surface area contributed by atoms with Gasteiger partial charge in [-0.2, -0.15) is 0 Å². The topological polar surface area (TPSA) is 0 Å². The second-order valence-corrected chi connectivity index (χ2v) is 26.4. The van der Waals surface area contributed by atoms with Gasteiger partial charge in [-0.1, -0.05) is 0 Å². The number of halogens is 2. The minimum absolute atomic E-state index is 0. The second kappa shape index (κ2) is 20.7. The molecular weight excluding hydrogens is 943 g/mol. The van der Waals surface area contributed by atoms with Crippen LogP contribution in [0.25, 0.3) is 33.4 Å². The van der Waals surface area contributed by atoms with Gasteiger partial charge in [-0.25, -0.2) is 0 Å². The van der Waals surface area contributed by atoms with Crippen LogP contribution in [0.2, 0.25) is 0 Å². The van der Waals surface area contributed by atoms with Gasteiger partial charge in [0.1, 0.15) is 0 Å². The van der Waals surface area contributed by atoms with Gasteiger partial charge < -0.3 is 24.8 Å². The molecular formula is C65H60Cl2Zr. The molecule has 0 heterocycles. The Morgan fingerprint density at radius 3 is 1.28 bits per heavy atom. The summed E-state index contributed by atoms with van der Waals surface area (Å²) in [6, 6.07) is 76.3. The summed E-state index contributed by atoms with van der Waals surface area (Å²) < 4.78 is 4.98. The van der Waals surface area contributed by atoms with E-state index in [0.717, 1.165) is 12.8 Å². The summed E-state index contributed by atoms with van der Waals surface area (Å²) in [4.78, 5) is 0. The van der Waals surface area contributed by atoms with E-state index in [1.54, 1.807) is 15.3 Å². The Kier molecular flexibility index (Phi) is 14.9. The average molecular weight is 1000 g/mol. The third-order valence-electron chi connectivity index (χ3n) is 13.9. The predicted octanol–water partition coefficient (Wildman–Crippen LogP) is 10.1. The van der Waals surface area contributed by atoms with Gasteiger partial charge in [-0.05, 0) is 0 Å². The van der Waals surface area contributed by atoms with Crippen molar-refractivity contribution in [3.8, 4) is 33.4 Å². The number of hydrogen-bond donors (Lipinski definition) is 0. The molecule has 0 aliphatic heterocycles. The fraction of sp³-hybridized carbons (Fsp3) is 0.185. The van der Waals surface area contributed by atoms with Crippen molar-refractivity contribution < 1.29 is 46.1 Å². The molecule has 0 aromatic heterocycles. The summed E-state index contributed by atoms with van der Waals surface area (Å²) in [6.45, 7) is 14.5. The Hall–Kier alpha value is -5.43. The summed E-state index contributed by atoms with van der Waals surface area (Å²) in [5, 5.41) is 0. The van der Waals surface area contributed by atoms with Crippen LogP contribution in [0.15, 0.2) is 222 Å². The van der Waals surface area contributed by atoms with E-state index in [2.05, 4.69) is 260 Å². The van der Waals surface area contributed by atoms with Gasteiger partial charge in [0.05, 0.1) is 0 Å². The molecule has 2 aliphatic carbocycles. The monoisotopic (exact) mass is 1000 g/mol. The van der Waals surface area contributed by atoms with Crippen LogP contribution in [0, 0.1) is 0 Å². The minimum atomic E-state index is -3.43. The van der Waals surface area contributed by atoms with E-state index in [-0.39, 0.29) is 47.5 Å². The number of fused-ring (bicyclic) bond motifs is 3. The number of allylic oxidation sites excluding steroid dienone is 4. The first-order chi connectivity index (χ1) is 32.1. The molecule has 8 aromatic carbocycles. The average Bonchev–Trinajstić information content (AvgIpc) is 4.01. The Balaban J connectivity index is 0.00000312. The van der Waals surface area contributed by atoms with Crippen LogP contribution in [0.4, 0.5) is 0 Å². The molecule has 0 radical (unpaired) electrons. The first-order valence-electron chi connectivity index (χ1n) is 23.9. The molecule has 0 fully saturated rings. The van der Waals surface area contributed by atoms with Crippen molar-refractivity contribution >= 4 is 6.48 Å². The Morgan fingerprint density at radius 1 is 0.456 bits per heavy atom. The van der Waals surface area contributed by atoms with Crippen molar-refractivity contribution in [2.75, 3.05) is 0 Å². The van der Waals surface area contributed by atoms with Gasteiger partial charge in [0, 0.05) is 0 Å². The van der Waals surface area contributed by atoms with E-state index in [1.807, 2.05) is 0 Å². The first-order valence-corrected chi connectivity index (χ1v) is 27.5. The second-order valence-electron chi connectivity index (χ2n) is 20.3. The summed E-state index contributed by atoms with van der Waals surface area (Å²) in [7, 11) is 0. The molecule has 0 spiro atoms. The van der Waals surface area contributed by atoms with Crippen LogP contribution < -0.4 is 28.1 Å². The molecule has 0 unspecified atom stereocenters. The number of hydrogen-bond acceptors (Lipinski definition) is 0. The molecule has 0 amide bonds. The van der Waals surface area contributed by atoms with Crippen LogP contribution >= 0.6 is 0 Å². The molecule has 68 heavy (non-hydrogen) atoms. The van der Waals surface area contributed by atoms with Crippen LogP contribution in [-0.2, 0) is 38.5 Å². The van der Waals surface area contributed by atoms with Gasteiger partial charge in [0.15, 0.2) is 0 Å². The number of benzene rings is 8. The van der Waals surface area contributed by atoms with Gasteiger partial charge in [-0.15, -0.1) is 0 Å². The van der Waals surface area contributed by atoms with Crippen LogP contribution in [-0.4, -0.2) is 3.21 Å². The molecule has 0 saturated carbocycles. The van der Waals surface area contributed by atoms with Crippen molar-refractivity contribution in [3.63, 3.8) is 0 Å². The van der Waals surface area contributed by atoms with Crippen LogP contribution in [0.5, 0.6) is 0 Å². The molecule has 0 nitrogen and oxygen atoms in total. The molecule has 338 valence electrons. The van der Waals surface area contributed by atoms with Gasteiger partial charge >= 0.3 is 404 Å². The van der Waals surface area contributed by atoms with E-state index in [1.165, 1.54) is 72.3 Å². The third kappa shape index (κ3) is 9.61. The maximum absolute atomic E-state index is 3.43. The maximum atomic E-state index is 2.64. The largest absolute Gasteiger partial charge is 1.00 e. The Bertz CT molecular complexity index is 2940.